The van der Waals surface area contributed by atoms with Crippen molar-refractivity contribution in [3.63, 3.8) is 0 Å². The molecule has 0 bridgehead atoms. The van der Waals surface area contributed by atoms with Gasteiger partial charge >= 0.3 is 0 Å². The van der Waals surface area contributed by atoms with Gasteiger partial charge in [-0.3, -0.25) is 0 Å². The van der Waals surface area contributed by atoms with Gasteiger partial charge in [0.15, 0.2) is 0 Å². The molecule has 1 heterocycles. The molecule has 0 amide bonds. The van der Waals surface area contributed by atoms with Crippen LogP contribution in [0.3, 0.4) is 0 Å². The Kier molecular flexibility index (Phi) is 9.52. The van der Waals surface area contributed by atoms with Crippen LogP contribution in [0.4, 0.5) is 0 Å². The van der Waals surface area contributed by atoms with E-state index in [4.69, 9.17) is 9.47 Å². The molecule has 0 aromatic heterocycles. The molecule has 0 saturated heterocycles. The minimum atomic E-state index is -4.27. The van der Waals surface area contributed by atoms with E-state index in [9.17, 15) is 13.0 Å². The fourth-order valence-corrected chi connectivity index (χ4v) is 5.15. The second kappa shape index (κ2) is 12.1. The lowest BCUT2D eigenvalue weighted by atomic mass is 9.85. The van der Waals surface area contributed by atoms with Gasteiger partial charge in [0.1, 0.15) is 33.8 Å². The summed E-state index contributed by atoms with van der Waals surface area (Å²) in [6.45, 7) is 12.3. The summed E-state index contributed by atoms with van der Waals surface area (Å²) in [7, 11) is 2.47. The van der Waals surface area contributed by atoms with E-state index in [-0.39, 0.29) is 10.5 Å². The zero-order valence-electron chi connectivity index (χ0n) is 24.6. The molecule has 0 fully saturated rings. The maximum atomic E-state index is 10.4. The number of aryl methyl sites for hydroxylation is 1. The molecule has 0 N–H and O–H groups in total. The van der Waals surface area contributed by atoms with Crippen LogP contribution in [0.15, 0.2) is 59.5 Å². The second-order valence-corrected chi connectivity index (χ2v) is 13.2. The molecule has 3 aromatic carbocycles. The van der Waals surface area contributed by atoms with Gasteiger partial charge in [-0.1, -0.05) is 48.0 Å². The summed E-state index contributed by atoms with van der Waals surface area (Å²) in [5, 5.41) is 0. The Morgan fingerprint density at radius 3 is 2.10 bits per heavy atom. The fraction of sp³-hybridized carbons (Fsp3) is 0.438. The highest BCUT2D eigenvalue weighted by Gasteiger charge is 2.36. The molecule has 1 aliphatic rings. The van der Waals surface area contributed by atoms with Crippen LogP contribution in [0.1, 0.15) is 53.1 Å². The van der Waals surface area contributed by atoms with Crippen molar-refractivity contribution >= 4 is 10.1 Å². The maximum absolute atomic E-state index is 10.4. The van der Waals surface area contributed by atoms with Gasteiger partial charge in [-0.05, 0) is 81.8 Å². The van der Waals surface area contributed by atoms with E-state index in [0.29, 0.717) is 6.61 Å². The van der Waals surface area contributed by atoms with Crippen LogP contribution in [-0.2, 0) is 23.1 Å². The van der Waals surface area contributed by atoms with Crippen molar-refractivity contribution < 1.29 is 26.9 Å². The van der Waals surface area contributed by atoms with Crippen LogP contribution in [0.5, 0.6) is 11.5 Å². The molecule has 3 aromatic rings. The van der Waals surface area contributed by atoms with E-state index < -0.39 is 10.1 Å². The monoisotopic (exact) mass is 553 g/mol. The average molecular weight is 554 g/mol. The van der Waals surface area contributed by atoms with Crippen LogP contribution in [0.2, 0.25) is 0 Å². The first kappa shape index (κ1) is 30.7. The lowest BCUT2D eigenvalue weighted by Crippen LogP contribution is -2.44. The summed E-state index contributed by atoms with van der Waals surface area (Å²) >= 11 is 0. The molecule has 0 aliphatic carbocycles. The molecular formula is C32H43NO5S. The number of fused-ring (bicyclic) bond motifs is 1. The highest BCUT2D eigenvalue weighted by Crippen LogP contribution is 2.44. The van der Waals surface area contributed by atoms with E-state index in [0.717, 1.165) is 47.4 Å². The van der Waals surface area contributed by atoms with E-state index in [1.54, 1.807) is 12.1 Å². The molecule has 4 rings (SSSR count). The number of nitrogens with zero attached hydrogens (tertiary/aromatic N) is 1. The Bertz CT molecular complexity index is 1380. The van der Waals surface area contributed by atoms with E-state index >= 15 is 0 Å². The van der Waals surface area contributed by atoms with Crippen molar-refractivity contribution in [2.75, 3.05) is 27.7 Å². The normalized spacial score (nSPS) is 16.9. The zero-order valence-corrected chi connectivity index (χ0v) is 25.4. The summed E-state index contributed by atoms with van der Waals surface area (Å²) in [5.41, 5.74) is 7.02. The van der Waals surface area contributed by atoms with Crippen molar-refractivity contribution in [2.45, 2.75) is 71.0 Å². The predicted molar refractivity (Wildman–Crippen MR) is 155 cm³/mol. The third-order valence-corrected chi connectivity index (χ3v) is 8.26. The van der Waals surface area contributed by atoms with Crippen molar-refractivity contribution in [1.82, 2.24) is 0 Å². The van der Waals surface area contributed by atoms with Crippen LogP contribution in [0, 0.1) is 27.7 Å². The number of hydrogen-bond acceptors (Lipinski definition) is 5. The first-order valence-corrected chi connectivity index (χ1v) is 14.8. The first-order chi connectivity index (χ1) is 18.1. The van der Waals surface area contributed by atoms with Gasteiger partial charge in [0.2, 0.25) is 0 Å². The maximum Gasteiger partial charge on any atom is 0.127 e. The van der Waals surface area contributed by atoms with Crippen molar-refractivity contribution in [1.29, 1.82) is 0 Å². The van der Waals surface area contributed by atoms with Crippen molar-refractivity contribution in [2.24, 2.45) is 0 Å². The largest absolute Gasteiger partial charge is 0.744 e. The Balaban J connectivity index is 0.000000320. The topological polar surface area (TPSA) is 75.7 Å². The molecular weight excluding hydrogens is 510 g/mol. The number of rotatable bonds is 7. The molecule has 6 nitrogen and oxygen atoms in total. The molecule has 0 radical (unpaired) electrons. The van der Waals surface area contributed by atoms with Gasteiger partial charge in [0.25, 0.3) is 0 Å². The third kappa shape index (κ3) is 8.31. The smallest absolute Gasteiger partial charge is 0.127 e. The van der Waals surface area contributed by atoms with Gasteiger partial charge < -0.3 is 18.5 Å². The third-order valence-electron chi connectivity index (χ3n) is 7.41. The lowest BCUT2D eigenvalue weighted by molar-refractivity contribution is -0.871. The van der Waals surface area contributed by atoms with Crippen molar-refractivity contribution in [3.05, 3.63) is 88.0 Å². The van der Waals surface area contributed by atoms with E-state index in [1.807, 2.05) is 13.0 Å². The lowest BCUT2D eigenvalue weighted by Gasteiger charge is -2.39. The minimum absolute atomic E-state index is 0.0887. The van der Waals surface area contributed by atoms with Crippen LogP contribution >= 0.6 is 0 Å². The average Bonchev–Trinajstić information content (AvgIpc) is 2.86. The van der Waals surface area contributed by atoms with E-state index in [2.05, 4.69) is 73.1 Å². The summed E-state index contributed by atoms with van der Waals surface area (Å²) < 4.78 is 45.1. The number of benzene rings is 3. The Morgan fingerprint density at radius 2 is 1.54 bits per heavy atom. The molecule has 0 spiro atoms. The summed E-state index contributed by atoms with van der Waals surface area (Å²) in [6.07, 6.45) is 3.18. The number of ether oxygens (including phenoxy) is 2. The molecule has 212 valence electrons. The predicted octanol–water partition coefficient (Wildman–Crippen LogP) is 6.27. The molecule has 7 heteroatoms. The number of quaternary nitrogens is 1. The highest BCUT2D eigenvalue weighted by atomic mass is 32.2. The van der Waals surface area contributed by atoms with Gasteiger partial charge in [0, 0.05) is 12.0 Å². The molecule has 39 heavy (non-hydrogen) atoms. The van der Waals surface area contributed by atoms with Gasteiger partial charge in [-0.2, -0.15) is 0 Å². The zero-order chi connectivity index (χ0) is 29.0. The van der Waals surface area contributed by atoms with Gasteiger partial charge in [-0.15, -0.1) is 0 Å². The van der Waals surface area contributed by atoms with Gasteiger partial charge in [0.05, 0.1) is 32.6 Å². The second-order valence-electron chi connectivity index (χ2n) is 11.9. The molecule has 1 atom stereocenters. The summed E-state index contributed by atoms with van der Waals surface area (Å²) in [6, 6.07) is 16.2. The Labute approximate surface area is 234 Å². The standard InChI is InChI=1S/C25H36NO2.C7H8O3S/c1-18-19(2)24-22(13-14-25(4,28-24)15-16-26(5,6)7)20(3)23(18)27-17-21-11-9-8-10-12-21;1-6-2-4-7(5-3-6)11(8,9)10/h8-12H,13-17H2,1-7H3;2-5H,1H3,(H,8,9,10)/q+1;/p-1/t25-;/m1./s1. The minimum Gasteiger partial charge on any atom is -0.744 e. The quantitative estimate of drug-likeness (QED) is 0.255. The molecule has 0 unspecified atom stereocenters. The summed E-state index contributed by atoms with van der Waals surface area (Å²) in [4.78, 5) is -0.178. The SMILES string of the molecule is Cc1c(C)c2c(c(C)c1OCc1ccccc1)CC[C@](C)(CC[N+](C)(C)C)O2.Cc1ccc(S(=O)(=O)[O-])cc1. The van der Waals surface area contributed by atoms with Crippen LogP contribution in [0.25, 0.3) is 0 Å². The molecule has 0 saturated carbocycles. The first-order valence-electron chi connectivity index (χ1n) is 13.4. The van der Waals surface area contributed by atoms with E-state index in [1.165, 1.54) is 39.9 Å². The van der Waals surface area contributed by atoms with Gasteiger partial charge in [-0.25, -0.2) is 8.42 Å². The Morgan fingerprint density at radius 1 is 0.923 bits per heavy atom. The number of hydrogen-bond donors (Lipinski definition) is 0. The Hall–Kier alpha value is -2.87. The molecule has 1 aliphatic heterocycles. The van der Waals surface area contributed by atoms with Crippen LogP contribution in [-0.4, -0.2) is 50.7 Å². The highest BCUT2D eigenvalue weighted by molar-refractivity contribution is 7.85. The summed E-state index contributed by atoms with van der Waals surface area (Å²) in [5.74, 6) is 2.12. The fourth-order valence-electron chi connectivity index (χ4n) is 4.68. The van der Waals surface area contributed by atoms with Crippen LogP contribution < -0.4 is 9.47 Å². The van der Waals surface area contributed by atoms with Crippen molar-refractivity contribution in [3.8, 4) is 11.5 Å².